The molecule has 4 nitrogen and oxygen atoms in total. The number of carboxylic acid groups (broad SMARTS) is 1. The summed E-state index contributed by atoms with van der Waals surface area (Å²) in [7, 11) is 1.34. The fourth-order valence-corrected chi connectivity index (χ4v) is 1.70. The summed E-state index contributed by atoms with van der Waals surface area (Å²) in [5.74, 6) is -1.59. The third-order valence-electron chi connectivity index (χ3n) is 2.51. The molecule has 0 aliphatic rings. The molecule has 0 amide bonds. The highest BCUT2D eigenvalue weighted by Crippen LogP contribution is 2.30. The first-order valence-electron chi connectivity index (χ1n) is 5.15. The van der Waals surface area contributed by atoms with Crippen molar-refractivity contribution in [3.8, 4) is 16.9 Å². The molecule has 0 aliphatic heterocycles. The number of aromatic carboxylic acids is 1. The van der Waals surface area contributed by atoms with Crippen LogP contribution >= 0.6 is 0 Å². The van der Waals surface area contributed by atoms with Crippen molar-refractivity contribution < 1.29 is 19.0 Å². The highest BCUT2D eigenvalue weighted by atomic mass is 19.1. The number of halogens is 1. The molecule has 0 fully saturated rings. The second kappa shape index (κ2) is 4.83. The number of nitrogens with zero attached hydrogens (tertiary/aromatic N) is 1. The van der Waals surface area contributed by atoms with E-state index in [1.165, 1.54) is 37.7 Å². The fraction of sp³-hybridized carbons (Fsp3) is 0.0769. The van der Waals surface area contributed by atoms with Gasteiger partial charge in [-0.1, -0.05) is 18.2 Å². The lowest BCUT2D eigenvalue weighted by molar-refractivity contribution is 0.0694. The monoisotopic (exact) mass is 247 g/mol. The third-order valence-corrected chi connectivity index (χ3v) is 2.51. The lowest BCUT2D eigenvalue weighted by atomic mass is 10.0. The summed E-state index contributed by atoms with van der Waals surface area (Å²) in [6, 6.07) is 5.93. The Hall–Kier alpha value is -2.43. The molecule has 0 bridgehead atoms. The Morgan fingerprint density at radius 2 is 2.00 bits per heavy atom. The fourth-order valence-electron chi connectivity index (χ4n) is 1.70. The summed E-state index contributed by atoms with van der Waals surface area (Å²) in [4.78, 5) is 15.1. The van der Waals surface area contributed by atoms with Crippen molar-refractivity contribution >= 4 is 5.97 Å². The Bertz CT molecular complexity index is 599. The summed E-state index contributed by atoms with van der Waals surface area (Å²) in [6.45, 7) is 0. The largest absolute Gasteiger partial charge is 0.494 e. The van der Waals surface area contributed by atoms with Crippen LogP contribution in [0.15, 0.2) is 36.7 Å². The predicted octanol–water partition coefficient (Wildman–Crippen LogP) is 2.59. The molecule has 2 rings (SSSR count). The van der Waals surface area contributed by atoms with Crippen molar-refractivity contribution in [3.63, 3.8) is 0 Å². The van der Waals surface area contributed by atoms with E-state index in [-0.39, 0.29) is 22.4 Å². The van der Waals surface area contributed by atoms with Crippen LogP contribution in [0, 0.1) is 5.82 Å². The van der Waals surface area contributed by atoms with E-state index >= 15 is 0 Å². The first-order chi connectivity index (χ1) is 8.65. The Morgan fingerprint density at radius 3 is 2.61 bits per heavy atom. The van der Waals surface area contributed by atoms with E-state index in [1.54, 1.807) is 6.07 Å². The molecule has 1 heterocycles. The zero-order valence-electron chi connectivity index (χ0n) is 9.55. The maximum atomic E-state index is 13.7. The van der Waals surface area contributed by atoms with Gasteiger partial charge in [-0.3, -0.25) is 4.98 Å². The standard InChI is InChI=1S/C13H10FNO3/c1-18-11-7-15-6-9(12(11)13(16)17)8-4-2-3-5-10(8)14/h2-7H,1H3,(H,16,17). The number of carboxylic acids is 1. The van der Waals surface area contributed by atoms with Gasteiger partial charge in [0.2, 0.25) is 0 Å². The first-order valence-corrected chi connectivity index (χ1v) is 5.15. The van der Waals surface area contributed by atoms with Crippen molar-refractivity contribution in [1.29, 1.82) is 0 Å². The molecule has 0 spiro atoms. The van der Waals surface area contributed by atoms with Gasteiger partial charge in [-0.25, -0.2) is 9.18 Å². The maximum Gasteiger partial charge on any atom is 0.340 e. The van der Waals surface area contributed by atoms with Crippen molar-refractivity contribution in [2.75, 3.05) is 7.11 Å². The van der Waals surface area contributed by atoms with Crippen LogP contribution in [0.5, 0.6) is 5.75 Å². The normalized spacial score (nSPS) is 10.1. The summed E-state index contributed by atoms with van der Waals surface area (Å²) in [6.07, 6.45) is 2.60. The molecule has 1 aromatic heterocycles. The third kappa shape index (κ3) is 2.02. The zero-order chi connectivity index (χ0) is 13.1. The van der Waals surface area contributed by atoms with E-state index in [4.69, 9.17) is 4.74 Å². The van der Waals surface area contributed by atoms with Gasteiger partial charge >= 0.3 is 5.97 Å². The highest BCUT2D eigenvalue weighted by Gasteiger charge is 2.19. The van der Waals surface area contributed by atoms with Gasteiger partial charge in [0.05, 0.1) is 13.3 Å². The quantitative estimate of drug-likeness (QED) is 0.905. The molecule has 18 heavy (non-hydrogen) atoms. The number of aromatic nitrogens is 1. The number of hydrogen-bond donors (Lipinski definition) is 1. The molecule has 0 radical (unpaired) electrons. The summed E-state index contributed by atoms with van der Waals surface area (Å²) >= 11 is 0. The number of ether oxygens (including phenoxy) is 1. The first kappa shape index (κ1) is 12.0. The topological polar surface area (TPSA) is 59.4 Å². The van der Waals surface area contributed by atoms with Crippen LogP contribution < -0.4 is 4.74 Å². The van der Waals surface area contributed by atoms with Crippen LogP contribution in [0.3, 0.4) is 0 Å². The second-order valence-corrected chi connectivity index (χ2v) is 3.55. The van der Waals surface area contributed by atoms with Gasteiger partial charge in [0.1, 0.15) is 11.4 Å². The van der Waals surface area contributed by atoms with Crippen LogP contribution in [0.1, 0.15) is 10.4 Å². The number of carbonyl (C=O) groups is 1. The van der Waals surface area contributed by atoms with E-state index in [1.807, 2.05) is 0 Å². The number of methoxy groups -OCH3 is 1. The molecule has 0 saturated carbocycles. The van der Waals surface area contributed by atoms with Gasteiger partial charge in [0, 0.05) is 17.3 Å². The van der Waals surface area contributed by atoms with Crippen LogP contribution in [-0.2, 0) is 0 Å². The Morgan fingerprint density at radius 1 is 1.28 bits per heavy atom. The molecule has 1 N–H and O–H groups in total. The van der Waals surface area contributed by atoms with E-state index in [0.717, 1.165) is 0 Å². The molecule has 0 aliphatic carbocycles. The van der Waals surface area contributed by atoms with Crippen LogP contribution in [-0.4, -0.2) is 23.2 Å². The van der Waals surface area contributed by atoms with Crippen LogP contribution in [0.4, 0.5) is 4.39 Å². The van der Waals surface area contributed by atoms with Crippen molar-refractivity contribution in [2.45, 2.75) is 0 Å². The molecule has 92 valence electrons. The average molecular weight is 247 g/mol. The van der Waals surface area contributed by atoms with Gasteiger partial charge in [0.15, 0.2) is 5.75 Å². The smallest absolute Gasteiger partial charge is 0.340 e. The minimum absolute atomic E-state index is 0.0994. The Kier molecular flexibility index (Phi) is 3.23. The highest BCUT2D eigenvalue weighted by molar-refractivity contribution is 5.98. The number of pyridine rings is 1. The van der Waals surface area contributed by atoms with Crippen molar-refractivity contribution in [2.24, 2.45) is 0 Å². The second-order valence-electron chi connectivity index (χ2n) is 3.55. The number of rotatable bonds is 3. The molecule has 5 heteroatoms. The minimum atomic E-state index is -1.19. The molecule has 0 unspecified atom stereocenters. The maximum absolute atomic E-state index is 13.7. The number of hydrogen-bond acceptors (Lipinski definition) is 3. The van der Waals surface area contributed by atoms with Gasteiger partial charge in [-0.2, -0.15) is 0 Å². The van der Waals surface area contributed by atoms with Crippen molar-refractivity contribution in [3.05, 3.63) is 48.0 Å². The lowest BCUT2D eigenvalue weighted by Crippen LogP contribution is -2.04. The van der Waals surface area contributed by atoms with Crippen LogP contribution in [0.25, 0.3) is 11.1 Å². The average Bonchev–Trinajstić information content (AvgIpc) is 2.38. The summed E-state index contributed by atoms with van der Waals surface area (Å²) in [5, 5.41) is 9.20. The molecular weight excluding hydrogens is 237 g/mol. The number of benzene rings is 1. The van der Waals surface area contributed by atoms with Gasteiger partial charge in [-0.15, -0.1) is 0 Å². The van der Waals surface area contributed by atoms with Crippen LogP contribution in [0.2, 0.25) is 0 Å². The molecular formula is C13H10FNO3. The Balaban J connectivity index is 2.72. The van der Waals surface area contributed by atoms with E-state index in [9.17, 15) is 14.3 Å². The van der Waals surface area contributed by atoms with Gasteiger partial charge in [0.25, 0.3) is 0 Å². The Labute approximate surface area is 103 Å². The van der Waals surface area contributed by atoms with E-state index < -0.39 is 11.8 Å². The zero-order valence-corrected chi connectivity index (χ0v) is 9.55. The minimum Gasteiger partial charge on any atom is -0.494 e. The summed E-state index contributed by atoms with van der Waals surface area (Å²) in [5.41, 5.74) is 0.277. The molecule has 1 aromatic carbocycles. The SMILES string of the molecule is COc1cncc(-c2ccccc2F)c1C(=O)O. The predicted molar refractivity (Wildman–Crippen MR) is 63.1 cm³/mol. The van der Waals surface area contributed by atoms with E-state index in [2.05, 4.69) is 4.98 Å². The van der Waals surface area contributed by atoms with E-state index in [0.29, 0.717) is 0 Å². The summed E-state index contributed by atoms with van der Waals surface area (Å²) < 4.78 is 18.6. The van der Waals surface area contributed by atoms with Crippen molar-refractivity contribution in [1.82, 2.24) is 4.98 Å². The molecule has 2 aromatic rings. The van der Waals surface area contributed by atoms with Gasteiger partial charge < -0.3 is 9.84 Å². The van der Waals surface area contributed by atoms with Gasteiger partial charge in [-0.05, 0) is 6.07 Å². The molecule has 0 atom stereocenters. The lowest BCUT2D eigenvalue weighted by Gasteiger charge is -2.10. The molecule has 0 saturated heterocycles.